The van der Waals surface area contributed by atoms with Crippen molar-refractivity contribution in [1.82, 2.24) is 4.98 Å². The summed E-state index contributed by atoms with van der Waals surface area (Å²) in [4.78, 5) is 4.02. The van der Waals surface area contributed by atoms with Crippen LogP contribution in [-0.4, -0.2) is 20.8 Å². The lowest BCUT2D eigenvalue weighted by Crippen LogP contribution is -2.36. The lowest BCUT2D eigenvalue weighted by Gasteiger charge is -2.33. The van der Waals surface area contributed by atoms with E-state index in [0.29, 0.717) is 24.2 Å². The monoisotopic (exact) mass is 250 g/mol. The van der Waals surface area contributed by atoms with E-state index < -0.39 is 11.7 Å². The molecular formula is C14H22N2O2. The van der Waals surface area contributed by atoms with Gasteiger partial charge in [0, 0.05) is 11.8 Å². The third-order valence-corrected chi connectivity index (χ3v) is 3.99. The Labute approximate surface area is 108 Å². The Morgan fingerprint density at radius 1 is 1.28 bits per heavy atom. The fourth-order valence-electron chi connectivity index (χ4n) is 2.83. The molecule has 1 fully saturated rings. The number of aliphatic hydroxyl groups excluding tert-OH is 1. The molecular weight excluding hydrogens is 228 g/mol. The van der Waals surface area contributed by atoms with Crippen molar-refractivity contribution in [3.63, 3.8) is 0 Å². The number of nitrogens with zero attached hydrogens (tertiary/aromatic N) is 1. The molecule has 4 heteroatoms. The van der Waals surface area contributed by atoms with Gasteiger partial charge in [0.1, 0.15) is 11.9 Å². The van der Waals surface area contributed by atoms with Crippen LogP contribution in [-0.2, 0) is 0 Å². The largest absolute Gasteiger partial charge is 0.387 e. The van der Waals surface area contributed by atoms with E-state index >= 15 is 0 Å². The first-order chi connectivity index (χ1) is 8.54. The highest BCUT2D eigenvalue weighted by Gasteiger charge is 2.38. The van der Waals surface area contributed by atoms with Gasteiger partial charge in [-0.2, -0.15) is 0 Å². The minimum atomic E-state index is -1.06. The molecule has 1 atom stereocenters. The fraction of sp³-hybridized carbons (Fsp3) is 0.643. The average molecular weight is 250 g/mol. The first kappa shape index (κ1) is 13.3. The summed E-state index contributed by atoms with van der Waals surface area (Å²) in [7, 11) is 0. The lowest BCUT2D eigenvalue weighted by atomic mass is 9.83. The van der Waals surface area contributed by atoms with Crippen molar-refractivity contribution in [1.29, 1.82) is 0 Å². The van der Waals surface area contributed by atoms with Crippen molar-refractivity contribution in [2.24, 2.45) is 0 Å². The normalized spacial score (nSPS) is 21.3. The molecule has 4 nitrogen and oxygen atoms in total. The van der Waals surface area contributed by atoms with Crippen molar-refractivity contribution in [2.45, 2.75) is 57.2 Å². The maximum atomic E-state index is 10.7. The highest BCUT2D eigenvalue weighted by molar-refractivity contribution is 5.46. The van der Waals surface area contributed by atoms with Gasteiger partial charge < -0.3 is 15.9 Å². The molecule has 1 unspecified atom stereocenters. The SMILES string of the molecule is Cc1ccnc(N)c1C(O)C1(O)CCCCCC1. The number of hydrogen-bond acceptors (Lipinski definition) is 4. The van der Waals surface area contributed by atoms with Gasteiger partial charge in [-0.1, -0.05) is 25.7 Å². The summed E-state index contributed by atoms with van der Waals surface area (Å²) in [5, 5.41) is 21.2. The zero-order valence-corrected chi connectivity index (χ0v) is 10.9. The van der Waals surface area contributed by atoms with Crippen LogP contribution in [0.5, 0.6) is 0 Å². The third-order valence-electron chi connectivity index (χ3n) is 3.99. The van der Waals surface area contributed by atoms with Gasteiger partial charge >= 0.3 is 0 Å². The van der Waals surface area contributed by atoms with Crippen LogP contribution in [0.25, 0.3) is 0 Å². The van der Waals surface area contributed by atoms with Gasteiger partial charge in [0.25, 0.3) is 0 Å². The number of pyridine rings is 1. The molecule has 1 aromatic heterocycles. The van der Waals surface area contributed by atoms with Crippen LogP contribution in [0.2, 0.25) is 0 Å². The topological polar surface area (TPSA) is 79.4 Å². The zero-order chi connectivity index (χ0) is 13.2. The number of rotatable bonds is 2. The Bertz CT molecular complexity index is 392. The summed E-state index contributed by atoms with van der Waals surface area (Å²) >= 11 is 0. The molecule has 1 heterocycles. The third kappa shape index (κ3) is 2.49. The van der Waals surface area contributed by atoms with Crippen LogP contribution in [0, 0.1) is 6.92 Å². The van der Waals surface area contributed by atoms with E-state index in [0.717, 1.165) is 31.2 Å². The van der Waals surface area contributed by atoms with E-state index in [-0.39, 0.29) is 0 Å². The first-order valence-electron chi connectivity index (χ1n) is 6.66. The summed E-state index contributed by atoms with van der Waals surface area (Å²) in [5.41, 5.74) is 6.25. The predicted octanol–water partition coefficient (Wildman–Crippen LogP) is 2.09. The van der Waals surface area contributed by atoms with Crippen molar-refractivity contribution in [3.05, 3.63) is 23.4 Å². The van der Waals surface area contributed by atoms with Crippen molar-refractivity contribution >= 4 is 5.82 Å². The van der Waals surface area contributed by atoms with Crippen LogP contribution < -0.4 is 5.73 Å². The molecule has 1 aromatic rings. The summed E-state index contributed by atoms with van der Waals surface area (Å²) in [6.45, 7) is 1.89. The Morgan fingerprint density at radius 2 is 1.89 bits per heavy atom. The molecule has 2 rings (SSSR count). The maximum absolute atomic E-state index is 10.7. The number of hydrogen-bond donors (Lipinski definition) is 3. The standard InChI is InChI=1S/C14H22N2O2/c1-10-6-9-16-13(15)11(10)12(17)14(18)7-4-2-3-5-8-14/h6,9,12,17-18H,2-5,7-8H2,1H3,(H2,15,16). The number of aryl methyl sites for hydroxylation is 1. The molecule has 0 aliphatic heterocycles. The highest BCUT2D eigenvalue weighted by Crippen LogP contribution is 2.39. The minimum Gasteiger partial charge on any atom is -0.387 e. The van der Waals surface area contributed by atoms with Crippen molar-refractivity contribution in [3.8, 4) is 0 Å². The summed E-state index contributed by atoms with van der Waals surface area (Å²) in [5.74, 6) is 0.320. The number of aromatic nitrogens is 1. The summed E-state index contributed by atoms with van der Waals surface area (Å²) < 4.78 is 0. The molecule has 0 saturated heterocycles. The van der Waals surface area contributed by atoms with Crippen LogP contribution in [0.4, 0.5) is 5.82 Å². The molecule has 100 valence electrons. The van der Waals surface area contributed by atoms with Gasteiger partial charge in [-0.05, 0) is 31.4 Å². The maximum Gasteiger partial charge on any atom is 0.129 e. The highest BCUT2D eigenvalue weighted by atomic mass is 16.3. The molecule has 0 radical (unpaired) electrons. The fourth-order valence-corrected chi connectivity index (χ4v) is 2.83. The molecule has 1 aliphatic rings. The molecule has 0 amide bonds. The summed E-state index contributed by atoms with van der Waals surface area (Å²) in [6, 6.07) is 1.81. The van der Waals surface area contributed by atoms with Crippen LogP contribution in [0.1, 0.15) is 55.8 Å². The van der Waals surface area contributed by atoms with E-state index in [1.165, 1.54) is 0 Å². The van der Waals surface area contributed by atoms with Gasteiger partial charge in [-0.25, -0.2) is 4.98 Å². The van der Waals surface area contributed by atoms with E-state index in [2.05, 4.69) is 4.98 Å². The van der Waals surface area contributed by atoms with Gasteiger partial charge in [-0.15, -0.1) is 0 Å². The van der Waals surface area contributed by atoms with E-state index in [1.54, 1.807) is 6.20 Å². The Balaban J connectivity index is 2.31. The van der Waals surface area contributed by atoms with Gasteiger partial charge in [-0.3, -0.25) is 0 Å². The molecule has 1 saturated carbocycles. The molecule has 1 aliphatic carbocycles. The smallest absolute Gasteiger partial charge is 0.129 e. The number of anilines is 1. The second-order valence-corrected chi connectivity index (χ2v) is 5.35. The second kappa shape index (κ2) is 5.24. The minimum absolute atomic E-state index is 0.320. The number of nitrogens with two attached hydrogens (primary N) is 1. The van der Waals surface area contributed by atoms with E-state index in [4.69, 9.17) is 5.73 Å². The molecule has 4 N–H and O–H groups in total. The van der Waals surface area contributed by atoms with Crippen molar-refractivity contribution in [2.75, 3.05) is 5.73 Å². The Hall–Kier alpha value is -1.13. The first-order valence-corrected chi connectivity index (χ1v) is 6.66. The second-order valence-electron chi connectivity index (χ2n) is 5.35. The molecule has 18 heavy (non-hydrogen) atoms. The van der Waals surface area contributed by atoms with E-state index in [1.807, 2.05) is 13.0 Å². The van der Waals surface area contributed by atoms with Crippen molar-refractivity contribution < 1.29 is 10.2 Å². The Morgan fingerprint density at radius 3 is 2.44 bits per heavy atom. The summed E-state index contributed by atoms with van der Waals surface area (Å²) in [6.07, 6.45) is 6.08. The molecule has 0 spiro atoms. The quantitative estimate of drug-likeness (QED) is 0.702. The van der Waals surface area contributed by atoms with Crippen LogP contribution in [0.15, 0.2) is 12.3 Å². The molecule has 0 aromatic carbocycles. The predicted molar refractivity (Wildman–Crippen MR) is 71.0 cm³/mol. The van der Waals surface area contributed by atoms with Gasteiger partial charge in [0.05, 0.1) is 5.60 Å². The Kier molecular flexibility index (Phi) is 3.88. The van der Waals surface area contributed by atoms with E-state index in [9.17, 15) is 10.2 Å². The van der Waals surface area contributed by atoms with Gasteiger partial charge in [0.2, 0.25) is 0 Å². The van der Waals surface area contributed by atoms with Crippen LogP contribution in [0.3, 0.4) is 0 Å². The molecule has 0 bridgehead atoms. The zero-order valence-electron chi connectivity index (χ0n) is 10.9. The van der Waals surface area contributed by atoms with Gasteiger partial charge in [0.15, 0.2) is 0 Å². The van der Waals surface area contributed by atoms with Crippen LogP contribution >= 0.6 is 0 Å². The lowest BCUT2D eigenvalue weighted by molar-refractivity contribution is -0.0867. The number of aliphatic hydroxyl groups is 2. The number of nitrogen functional groups attached to an aromatic ring is 1. The average Bonchev–Trinajstić information content (AvgIpc) is 2.55.